The molecule has 3 nitrogen and oxygen atoms in total. The number of esters is 1. The molecule has 0 bridgehead atoms. The SMILES string of the molecule is CCCCCCCCCOC(=O)CCCCN(C)C. The molecule has 0 aromatic heterocycles. The third kappa shape index (κ3) is 15.4. The van der Waals surface area contributed by atoms with Crippen molar-refractivity contribution in [2.45, 2.75) is 71.1 Å². The van der Waals surface area contributed by atoms with Crippen molar-refractivity contribution in [3.05, 3.63) is 0 Å². The van der Waals surface area contributed by atoms with Crippen molar-refractivity contribution >= 4 is 5.97 Å². The lowest BCUT2D eigenvalue weighted by atomic mass is 10.1. The van der Waals surface area contributed by atoms with Crippen LogP contribution in [0.3, 0.4) is 0 Å². The molecule has 0 unspecified atom stereocenters. The molecule has 0 saturated carbocycles. The van der Waals surface area contributed by atoms with Gasteiger partial charge >= 0.3 is 5.97 Å². The van der Waals surface area contributed by atoms with Gasteiger partial charge in [0.05, 0.1) is 6.61 Å². The van der Waals surface area contributed by atoms with E-state index in [1.54, 1.807) is 0 Å². The monoisotopic (exact) mass is 271 g/mol. The van der Waals surface area contributed by atoms with E-state index in [4.69, 9.17) is 4.74 Å². The van der Waals surface area contributed by atoms with Gasteiger partial charge in [-0.3, -0.25) is 4.79 Å². The molecule has 114 valence electrons. The van der Waals surface area contributed by atoms with E-state index in [1.807, 2.05) is 0 Å². The van der Waals surface area contributed by atoms with Crippen LogP contribution in [-0.2, 0) is 9.53 Å². The van der Waals surface area contributed by atoms with E-state index in [-0.39, 0.29) is 5.97 Å². The first-order valence-electron chi connectivity index (χ1n) is 7.97. The number of hydrogen-bond acceptors (Lipinski definition) is 3. The lowest BCUT2D eigenvalue weighted by molar-refractivity contribution is -0.143. The zero-order chi connectivity index (χ0) is 14.3. The summed E-state index contributed by atoms with van der Waals surface area (Å²) in [5.41, 5.74) is 0. The standard InChI is InChI=1S/C16H33NO2/c1-4-5-6-7-8-9-12-15-19-16(18)13-10-11-14-17(2)3/h4-15H2,1-3H3. The molecular formula is C16H33NO2. The van der Waals surface area contributed by atoms with Crippen LogP contribution in [0.1, 0.15) is 71.1 Å². The Kier molecular flexibility index (Phi) is 13.4. The van der Waals surface area contributed by atoms with Gasteiger partial charge in [-0.15, -0.1) is 0 Å². The number of unbranched alkanes of at least 4 members (excludes halogenated alkanes) is 7. The molecule has 0 aliphatic carbocycles. The van der Waals surface area contributed by atoms with Crippen LogP contribution in [0.25, 0.3) is 0 Å². The maximum atomic E-state index is 11.4. The van der Waals surface area contributed by atoms with Crippen LogP contribution in [0.2, 0.25) is 0 Å². The van der Waals surface area contributed by atoms with Crippen LogP contribution in [0.4, 0.5) is 0 Å². The lowest BCUT2D eigenvalue weighted by Crippen LogP contribution is -2.13. The highest BCUT2D eigenvalue weighted by atomic mass is 16.5. The molecule has 0 radical (unpaired) electrons. The molecular weight excluding hydrogens is 238 g/mol. The van der Waals surface area contributed by atoms with E-state index in [0.717, 1.165) is 25.8 Å². The summed E-state index contributed by atoms with van der Waals surface area (Å²) in [5.74, 6) is -0.0234. The van der Waals surface area contributed by atoms with Crippen molar-refractivity contribution in [1.29, 1.82) is 0 Å². The Morgan fingerprint density at radius 2 is 1.53 bits per heavy atom. The summed E-state index contributed by atoms with van der Waals surface area (Å²) in [6.45, 7) is 3.89. The number of carbonyl (C=O) groups is 1. The molecule has 0 aromatic carbocycles. The van der Waals surface area contributed by atoms with Crippen molar-refractivity contribution in [3.63, 3.8) is 0 Å². The van der Waals surface area contributed by atoms with Gasteiger partial charge in [-0.25, -0.2) is 0 Å². The molecule has 0 aliphatic heterocycles. The van der Waals surface area contributed by atoms with Crippen LogP contribution in [-0.4, -0.2) is 38.1 Å². The van der Waals surface area contributed by atoms with Gasteiger partial charge in [-0.1, -0.05) is 45.4 Å². The van der Waals surface area contributed by atoms with Crippen LogP contribution >= 0.6 is 0 Å². The third-order valence-electron chi connectivity index (χ3n) is 3.25. The minimum atomic E-state index is -0.0234. The maximum absolute atomic E-state index is 11.4. The van der Waals surface area contributed by atoms with Crippen molar-refractivity contribution in [2.75, 3.05) is 27.2 Å². The Morgan fingerprint density at radius 3 is 2.16 bits per heavy atom. The summed E-state index contributed by atoms with van der Waals surface area (Å²) in [5, 5.41) is 0. The van der Waals surface area contributed by atoms with E-state index < -0.39 is 0 Å². The third-order valence-corrected chi connectivity index (χ3v) is 3.25. The van der Waals surface area contributed by atoms with Crippen molar-refractivity contribution in [2.24, 2.45) is 0 Å². The number of hydrogen-bond donors (Lipinski definition) is 0. The van der Waals surface area contributed by atoms with Gasteiger partial charge in [0.25, 0.3) is 0 Å². The van der Waals surface area contributed by atoms with Crippen LogP contribution < -0.4 is 0 Å². The fraction of sp³-hybridized carbons (Fsp3) is 0.938. The summed E-state index contributed by atoms with van der Waals surface area (Å²) < 4.78 is 5.22. The van der Waals surface area contributed by atoms with E-state index in [2.05, 4.69) is 25.9 Å². The second-order valence-corrected chi connectivity index (χ2v) is 5.60. The lowest BCUT2D eigenvalue weighted by Gasteiger charge is -2.08. The van der Waals surface area contributed by atoms with Gasteiger partial charge in [0.1, 0.15) is 0 Å². The number of ether oxygens (including phenoxy) is 1. The summed E-state index contributed by atoms with van der Waals surface area (Å²) in [6.07, 6.45) is 11.4. The predicted molar refractivity (Wildman–Crippen MR) is 81.4 cm³/mol. The van der Waals surface area contributed by atoms with Gasteiger partial charge in [-0.05, 0) is 39.9 Å². The van der Waals surface area contributed by atoms with E-state index in [9.17, 15) is 4.79 Å². The zero-order valence-electron chi connectivity index (χ0n) is 13.2. The molecule has 0 aromatic rings. The first-order valence-corrected chi connectivity index (χ1v) is 7.97. The average Bonchev–Trinajstić information content (AvgIpc) is 2.37. The minimum Gasteiger partial charge on any atom is -0.466 e. The van der Waals surface area contributed by atoms with Gasteiger partial charge in [-0.2, -0.15) is 0 Å². The van der Waals surface area contributed by atoms with Crippen LogP contribution in [0.15, 0.2) is 0 Å². The number of nitrogens with zero attached hydrogens (tertiary/aromatic N) is 1. The first-order chi connectivity index (χ1) is 9.16. The zero-order valence-corrected chi connectivity index (χ0v) is 13.2. The Bertz CT molecular complexity index is 205. The Balaban J connectivity index is 3.16. The van der Waals surface area contributed by atoms with Crippen LogP contribution in [0, 0.1) is 0 Å². The fourth-order valence-corrected chi connectivity index (χ4v) is 2.01. The fourth-order valence-electron chi connectivity index (χ4n) is 2.01. The van der Waals surface area contributed by atoms with E-state index >= 15 is 0 Å². The van der Waals surface area contributed by atoms with Gasteiger partial charge in [0.2, 0.25) is 0 Å². The normalized spacial score (nSPS) is 10.9. The Morgan fingerprint density at radius 1 is 0.895 bits per heavy atom. The van der Waals surface area contributed by atoms with Crippen LogP contribution in [0.5, 0.6) is 0 Å². The highest BCUT2D eigenvalue weighted by Crippen LogP contribution is 2.07. The molecule has 0 N–H and O–H groups in total. The molecule has 0 heterocycles. The van der Waals surface area contributed by atoms with E-state index in [0.29, 0.717) is 13.0 Å². The smallest absolute Gasteiger partial charge is 0.305 e. The van der Waals surface area contributed by atoms with Gasteiger partial charge in [0.15, 0.2) is 0 Å². The average molecular weight is 271 g/mol. The molecule has 19 heavy (non-hydrogen) atoms. The topological polar surface area (TPSA) is 29.5 Å². The quantitative estimate of drug-likeness (QED) is 0.374. The second kappa shape index (κ2) is 13.9. The molecule has 0 saturated heterocycles. The van der Waals surface area contributed by atoms with Crippen molar-refractivity contribution < 1.29 is 9.53 Å². The molecule has 0 amide bonds. The van der Waals surface area contributed by atoms with Gasteiger partial charge < -0.3 is 9.64 Å². The highest BCUT2D eigenvalue weighted by Gasteiger charge is 2.02. The maximum Gasteiger partial charge on any atom is 0.305 e. The Hall–Kier alpha value is -0.570. The summed E-state index contributed by atoms with van der Waals surface area (Å²) in [6, 6.07) is 0. The predicted octanol–water partition coefficient (Wildman–Crippen LogP) is 4.01. The largest absolute Gasteiger partial charge is 0.466 e. The molecule has 0 spiro atoms. The Labute approximate surface area is 119 Å². The van der Waals surface area contributed by atoms with Crippen molar-refractivity contribution in [1.82, 2.24) is 4.90 Å². The molecule has 0 fully saturated rings. The second-order valence-electron chi connectivity index (χ2n) is 5.60. The van der Waals surface area contributed by atoms with E-state index in [1.165, 1.54) is 38.5 Å². The number of carbonyl (C=O) groups excluding carboxylic acids is 1. The molecule has 0 rings (SSSR count). The molecule has 0 atom stereocenters. The number of rotatable bonds is 13. The molecule has 0 aliphatic rings. The summed E-state index contributed by atoms with van der Waals surface area (Å²) in [7, 11) is 4.11. The summed E-state index contributed by atoms with van der Waals surface area (Å²) >= 11 is 0. The molecule has 3 heteroatoms. The minimum absolute atomic E-state index is 0.0234. The summed E-state index contributed by atoms with van der Waals surface area (Å²) in [4.78, 5) is 13.6. The van der Waals surface area contributed by atoms with Gasteiger partial charge in [0, 0.05) is 6.42 Å². The highest BCUT2D eigenvalue weighted by molar-refractivity contribution is 5.69. The first kappa shape index (κ1) is 18.4. The van der Waals surface area contributed by atoms with Crippen molar-refractivity contribution in [3.8, 4) is 0 Å².